The van der Waals surface area contributed by atoms with Crippen LogP contribution in [0.1, 0.15) is 35.5 Å². The SMILES string of the molecule is CN(Cc1nc(-c2ccccc2)no1)C(=O)c1cccc(S(=O)(=O)N2CCCCC2)c1. The minimum Gasteiger partial charge on any atom is -0.337 e. The van der Waals surface area contributed by atoms with E-state index in [9.17, 15) is 13.2 Å². The van der Waals surface area contributed by atoms with Gasteiger partial charge in [0.25, 0.3) is 5.91 Å². The van der Waals surface area contributed by atoms with E-state index < -0.39 is 10.0 Å². The van der Waals surface area contributed by atoms with Crippen molar-refractivity contribution in [3.63, 3.8) is 0 Å². The van der Waals surface area contributed by atoms with Crippen LogP contribution in [0.3, 0.4) is 0 Å². The number of rotatable bonds is 6. The van der Waals surface area contributed by atoms with Crippen LogP contribution in [-0.4, -0.2) is 53.8 Å². The summed E-state index contributed by atoms with van der Waals surface area (Å²) in [7, 11) is -2.00. The summed E-state index contributed by atoms with van der Waals surface area (Å²) in [6.45, 7) is 1.14. The number of nitrogens with zero attached hydrogens (tertiary/aromatic N) is 4. The van der Waals surface area contributed by atoms with E-state index in [0.29, 0.717) is 30.4 Å². The molecule has 0 radical (unpaired) electrons. The number of carbonyl (C=O) groups is 1. The van der Waals surface area contributed by atoms with Crippen LogP contribution < -0.4 is 0 Å². The fourth-order valence-corrected chi connectivity index (χ4v) is 5.13. The molecule has 0 aliphatic carbocycles. The van der Waals surface area contributed by atoms with Gasteiger partial charge in [0, 0.05) is 31.3 Å². The second-order valence-electron chi connectivity index (χ2n) is 7.53. The van der Waals surface area contributed by atoms with Crippen LogP contribution in [-0.2, 0) is 16.6 Å². The van der Waals surface area contributed by atoms with Gasteiger partial charge in [0.2, 0.25) is 21.7 Å². The van der Waals surface area contributed by atoms with Crippen molar-refractivity contribution in [2.45, 2.75) is 30.7 Å². The fraction of sp³-hybridized carbons (Fsp3) is 0.318. The Morgan fingerprint density at radius 3 is 2.55 bits per heavy atom. The zero-order chi connectivity index (χ0) is 21.8. The molecule has 1 aliphatic rings. The maximum absolute atomic E-state index is 12.9. The summed E-state index contributed by atoms with van der Waals surface area (Å²) in [6, 6.07) is 15.6. The molecule has 1 aliphatic heterocycles. The molecule has 162 valence electrons. The van der Waals surface area contributed by atoms with E-state index >= 15 is 0 Å². The lowest BCUT2D eigenvalue weighted by Gasteiger charge is -2.26. The third kappa shape index (κ3) is 4.67. The molecule has 1 aromatic heterocycles. The first-order chi connectivity index (χ1) is 14.9. The second kappa shape index (κ2) is 8.99. The highest BCUT2D eigenvalue weighted by Gasteiger charge is 2.27. The van der Waals surface area contributed by atoms with Gasteiger partial charge in [-0.2, -0.15) is 9.29 Å². The number of carbonyl (C=O) groups excluding carboxylic acids is 1. The Balaban J connectivity index is 1.48. The normalized spacial score (nSPS) is 15.0. The van der Waals surface area contributed by atoms with Gasteiger partial charge in [0.1, 0.15) is 0 Å². The number of hydrogen-bond donors (Lipinski definition) is 0. The Morgan fingerprint density at radius 1 is 1.06 bits per heavy atom. The minimum absolute atomic E-state index is 0.113. The summed E-state index contributed by atoms with van der Waals surface area (Å²) in [6.07, 6.45) is 2.75. The smallest absolute Gasteiger partial charge is 0.254 e. The van der Waals surface area contributed by atoms with Gasteiger partial charge in [-0.1, -0.05) is 48.0 Å². The van der Waals surface area contributed by atoms with E-state index in [1.54, 1.807) is 19.2 Å². The molecule has 0 N–H and O–H groups in total. The van der Waals surface area contributed by atoms with Gasteiger partial charge in [-0.15, -0.1) is 0 Å². The van der Waals surface area contributed by atoms with Crippen LogP contribution in [0.5, 0.6) is 0 Å². The van der Waals surface area contributed by atoms with Crippen LogP contribution in [0, 0.1) is 0 Å². The van der Waals surface area contributed by atoms with E-state index in [4.69, 9.17) is 4.52 Å². The van der Waals surface area contributed by atoms with Gasteiger partial charge < -0.3 is 9.42 Å². The van der Waals surface area contributed by atoms with E-state index in [0.717, 1.165) is 24.8 Å². The predicted octanol–water partition coefficient (Wildman–Crippen LogP) is 3.18. The molecule has 4 rings (SSSR count). The summed E-state index contributed by atoms with van der Waals surface area (Å²) in [5, 5.41) is 3.96. The molecule has 3 aromatic rings. The summed E-state index contributed by atoms with van der Waals surface area (Å²) in [5.41, 5.74) is 1.12. The van der Waals surface area contributed by atoms with Gasteiger partial charge >= 0.3 is 0 Å². The monoisotopic (exact) mass is 440 g/mol. The number of benzene rings is 2. The molecule has 0 spiro atoms. The van der Waals surface area contributed by atoms with Crippen molar-refractivity contribution in [2.75, 3.05) is 20.1 Å². The van der Waals surface area contributed by atoms with Crippen molar-refractivity contribution in [2.24, 2.45) is 0 Å². The Labute approximate surface area is 181 Å². The maximum atomic E-state index is 12.9. The summed E-state index contributed by atoms with van der Waals surface area (Å²) in [5.74, 6) is 0.424. The largest absolute Gasteiger partial charge is 0.337 e. The average molecular weight is 441 g/mol. The Bertz CT molecular complexity index is 1160. The highest BCUT2D eigenvalue weighted by Crippen LogP contribution is 2.22. The Morgan fingerprint density at radius 2 is 1.81 bits per heavy atom. The minimum atomic E-state index is -3.61. The van der Waals surface area contributed by atoms with E-state index in [2.05, 4.69) is 10.1 Å². The van der Waals surface area contributed by atoms with Crippen LogP contribution in [0.25, 0.3) is 11.4 Å². The number of hydrogen-bond acceptors (Lipinski definition) is 6. The van der Waals surface area contributed by atoms with Gasteiger partial charge in [-0.25, -0.2) is 8.42 Å². The van der Waals surface area contributed by atoms with Gasteiger partial charge in [-0.3, -0.25) is 4.79 Å². The average Bonchev–Trinajstić information content (AvgIpc) is 3.28. The standard InChI is InChI=1S/C22H24N4O4S/c1-25(16-20-23-21(24-30-20)17-9-4-2-5-10-17)22(27)18-11-8-12-19(15-18)31(28,29)26-13-6-3-7-14-26/h2,4-5,8-12,15H,3,6-7,13-14,16H2,1H3. The van der Waals surface area contributed by atoms with Crippen molar-refractivity contribution in [3.05, 3.63) is 66.1 Å². The molecular formula is C22H24N4O4S. The van der Waals surface area contributed by atoms with Crippen molar-refractivity contribution in [1.82, 2.24) is 19.3 Å². The molecule has 1 fully saturated rings. The number of amides is 1. The predicted molar refractivity (Wildman–Crippen MR) is 115 cm³/mol. The zero-order valence-corrected chi connectivity index (χ0v) is 18.1. The van der Waals surface area contributed by atoms with Gasteiger partial charge in [0.05, 0.1) is 11.4 Å². The van der Waals surface area contributed by atoms with Crippen LogP contribution in [0.15, 0.2) is 64.0 Å². The molecule has 2 heterocycles. The third-order valence-corrected chi connectivity index (χ3v) is 7.15. The lowest BCUT2D eigenvalue weighted by molar-refractivity contribution is 0.0769. The Hall–Kier alpha value is -3.04. The van der Waals surface area contributed by atoms with Crippen molar-refractivity contribution < 1.29 is 17.7 Å². The molecular weight excluding hydrogens is 416 g/mol. The number of piperidine rings is 1. The van der Waals surface area contributed by atoms with Crippen LogP contribution >= 0.6 is 0 Å². The highest BCUT2D eigenvalue weighted by atomic mass is 32.2. The topological polar surface area (TPSA) is 96.6 Å². The summed E-state index contributed by atoms with van der Waals surface area (Å²) >= 11 is 0. The second-order valence-corrected chi connectivity index (χ2v) is 9.47. The van der Waals surface area contributed by atoms with Crippen molar-refractivity contribution in [3.8, 4) is 11.4 Å². The molecule has 31 heavy (non-hydrogen) atoms. The highest BCUT2D eigenvalue weighted by molar-refractivity contribution is 7.89. The number of sulfonamides is 1. The molecule has 8 nitrogen and oxygen atoms in total. The van der Waals surface area contributed by atoms with Crippen molar-refractivity contribution >= 4 is 15.9 Å². The van der Waals surface area contributed by atoms with E-state index in [1.807, 2.05) is 30.3 Å². The van der Waals surface area contributed by atoms with Crippen LogP contribution in [0.2, 0.25) is 0 Å². The molecule has 0 saturated carbocycles. The van der Waals surface area contributed by atoms with Crippen LogP contribution in [0.4, 0.5) is 0 Å². The molecule has 9 heteroatoms. The lowest BCUT2D eigenvalue weighted by atomic mass is 10.2. The first-order valence-electron chi connectivity index (χ1n) is 10.2. The Kier molecular flexibility index (Phi) is 6.15. The maximum Gasteiger partial charge on any atom is 0.254 e. The first kappa shape index (κ1) is 21.2. The molecule has 2 aromatic carbocycles. The van der Waals surface area contributed by atoms with E-state index in [1.165, 1.54) is 21.3 Å². The van der Waals surface area contributed by atoms with Crippen molar-refractivity contribution in [1.29, 1.82) is 0 Å². The fourth-order valence-electron chi connectivity index (χ4n) is 3.56. The third-order valence-electron chi connectivity index (χ3n) is 5.25. The summed E-state index contributed by atoms with van der Waals surface area (Å²) < 4.78 is 32.6. The molecule has 1 saturated heterocycles. The first-order valence-corrected chi connectivity index (χ1v) is 11.6. The summed E-state index contributed by atoms with van der Waals surface area (Å²) in [4.78, 5) is 18.8. The molecule has 0 atom stereocenters. The van der Waals surface area contributed by atoms with E-state index in [-0.39, 0.29) is 17.3 Å². The van der Waals surface area contributed by atoms with Gasteiger partial charge in [0.15, 0.2) is 0 Å². The molecule has 0 bridgehead atoms. The number of aromatic nitrogens is 2. The zero-order valence-electron chi connectivity index (χ0n) is 17.3. The molecule has 0 unspecified atom stereocenters. The molecule has 1 amide bonds. The quantitative estimate of drug-likeness (QED) is 0.584. The lowest BCUT2D eigenvalue weighted by Crippen LogP contribution is -2.35. The van der Waals surface area contributed by atoms with Gasteiger partial charge in [-0.05, 0) is 31.0 Å².